The van der Waals surface area contributed by atoms with Crippen molar-refractivity contribution in [3.05, 3.63) is 14.7 Å². The number of anilines is 2. The first-order valence-electron chi connectivity index (χ1n) is 5.65. The molecule has 0 atom stereocenters. The third-order valence-electron chi connectivity index (χ3n) is 2.60. The van der Waals surface area contributed by atoms with Crippen LogP contribution in [-0.2, 0) is 0 Å². The number of hydrogen-bond donors (Lipinski definition) is 2. The van der Waals surface area contributed by atoms with E-state index in [0.29, 0.717) is 21.3 Å². The fourth-order valence-corrected chi connectivity index (χ4v) is 1.87. The van der Waals surface area contributed by atoms with Gasteiger partial charge in [-0.3, -0.25) is 4.79 Å². The van der Waals surface area contributed by atoms with Gasteiger partial charge < -0.3 is 11.1 Å². The van der Waals surface area contributed by atoms with Crippen LogP contribution in [0.3, 0.4) is 0 Å². The Morgan fingerprint density at radius 1 is 1.31 bits per heavy atom. The third-order valence-corrected chi connectivity index (χ3v) is 2.99. The van der Waals surface area contributed by atoms with Crippen molar-refractivity contribution in [1.82, 2.24) is 0 Å². The Labute approximate surface area is 102 Å². The van der Waals surface area contributed by atoms with Gasteiger partial charge in [-0.1, -0.05) is 39.4 Å². The van der Waals surface area contributed by atoms with Crippen molar-refractivity contribution in [3.8, 4) is 0 Å². The molecule has 0 radical (unpaired) electrons. The topological polar surface area (TPSA) is 55.1 Å². The average molecular weight is 240 g/mol. The van der Waals surface area contributed by atoms with Gasteiger partial charge in [0, 0.05) is 6.54 Å². The summed E-state index contributed by atoms with van der Waals surface area (Å²) in [5, 5.41) is 3.13. The van der Waals surface area contributed by atoms with Gasteiger partial charge >= 0.3 is 0 Å². The van der Waals surface area contributed by atoms with E-state index >= 15 is 0 Å². The van der Waals surface area contributed by atoms with Crippen LogP contribution in [0.5, 0.6) is 0 Å². The number of unbranched alkanes of at least 4 members (excludes halogenated alkanes) is 1. The summed E-state index contributed by atoms with van der Waals surface area (Å²) in [6, 6.07) is 0. The number of nitrogens with two attached hydrogens (primary N) is 1. The van der Waals surface area contributed by atoms with E-state index in [0.717, 1.165) is 13.0 Å². The summed E-state index contributed by atoms with van der Waals surface area (Å²) in [7, 11) is 0. The van der Waals surface area contributed by atoms with E-state index in [4.69, 9.17) is 18.0 Å². The third kappa shape index (κ3) is 3.30. The Balaban J connectivity index is 2.23. The van der Waals surface area contributed by atoms with E-state index in [-0.39, 0.29) is 5.43 Å². The zero-order valence-corrected chi connectivity index (χ0v) is 11.0. The quantitative estimate of drug-likeness (QED) is 0.614. The van der Waals surface area contributed by atoms with Crippen LogP contribution >= 0.6 is 12.2 Å². The molecule has 0 aliphatic rings. The maximum atomic E-state index is 11.0. The monoisotopic (exact) mass is 240 g/mol. The van der Waals surface area contributed by atoms with Crippen molar-refractivity contribution in [1.29, 1.82) is 0 Å². The van der Waals surface area contributed by atoms with Gasteiger partial charge in [0.2, 0.25) is 5.43 Å². The molecule has 0 aromatic heterocycles. The van der Waals surface area contributed by atoms with E-state index in [1.807, 2.05) is 0 Å². The Hall–Kier alpha value is -0.900. The Kier molecular flexibility index (Phi) is 4.08. The minimum atomic E-state index is -0.188. The van der Waals surface area contributed by atoms with Crippen molar-refractivity contribution in [2.45, 2.75) is 40.0 Å². The highest BCUT2D eigenvalue weighted by molar-refractivity contribution is 7.71. The molecule has 3 N–H and O–H groups in total. The molecule has 0 spiro atoms. The van der Waals surface area contributed by atoms with Crippen LogP contribution in [0.25, 0.3) is 0 Å². The van der Waals surface area contributed by atoms with Crippen LogP contribution in [0.15, 0.2) is 4.79 Å². The molecule has 3 nitrogen and oxygen atoms in total. The van der Waals surface area contributed by atoms with Crippen LogP contribution in [0.1, 0.15) is 40.0 Å². The molecule has 1 aromatic rings. The van der Waals surface area contributed by atoms with Gasteiger partial charge in [0.05, 0.1) is 5.69 Å². The first-order chi connectivity index (χ1) is 7.33. The molecule has 0 unspecified atom stereocenters. The number of nitrogen functional groups attached to an aromatic ring is 1. The molecule has 1 rings (SSSR count). The van der Waals surface area contributed by atoms with E-state index < -0.39 is 0 Å². The van der Waals surface area contributed by atoms with Gasteiger partial charge in [0.15, 0.2) is 0 Å². The van der Waals surface area contributed by atoms with Gasteiger partial charge in [-0.25, -0.2) is 0 Å². The predicted octanol–water partition coefficient (Wildman–Crippen LogP) is 2.86. The summed E-state index contributed by atoms with van der Waals surface area (Å²) in [5.74, 6) is 0. The molecule has 0 saturated carbocycles. The van der Waals surface area contributed by atoms with Crippen molar-refractivity contribution in [2.24, 2.45) is 5.41 Å². The molecule has 90 valence electrons. The highest BCUT2D eigenvalue weighted by Gasteiger charge is 2.13. The second-order valence-electron chi connectivity index (χ2n) is 5.39. The number of rotatable bonds is 5. The Morgan fingerprint density at radius 3 is 2.44 bits per heavy atom. The molecular formula is C12H20N2OS. The summed E-state index contributed by atoms with van der Waals surface area (Å²) >= 11 is 4.89. The Bertz CT molecular complexity index is 425. The van der Waals surface area contributed by atoms with Crippen LogP contribution in [-0.4, -0.2) is 6.54 Å². The average Bonchev–Trinajstić information content (AvgIpc) is 2.20. The molecule has 0 bridgehead atoms. The first-order valence-corrected chi connectivity index (χ1v) is 6.06. The lowest BCUT2D eigenvalue weighted by atomic mass is 9.90. The standard InChI is InChI=1S/C12H20N2OS/c1-12(2,3)6-4-5-7-14-9-8(13)10(15)11(9)16/h14H,4-7,13H2,1-3H3. The van der Waals surface area contributed by atoms with Gasteiger partial charge in [-0.05, 0) is 18.3 Å². The lowest BCUT2D eigenvalue weighted by molar-refractivity contribution is 0.362. The first kappa shape index (κ1) is 13.2. The highest BCUT2D eigenvalue weighted by atomic mass is 32.1. The van der Waals surface area contributed by atoms with Crippen molar-refractivity contribution in [2.75, 3.05) is 17.6 Å². The molecule has 1 aromatic carbocycles. The van der Waals surface area contributed by atoms with Crippen molar-refractivity contribution < 1.29 is 0 Å². The highest BCUT2D eigenvalue weighted by Crippen LogP contribution is 2.22. The lowest BCUT2D eigenvalue weighted by Gasteiger charge is -2.18. The van der Waals surface area contributed by atoms with E-state index in [9.17, 15) is 4.79 Å². The van der Waals surface area contributed by atoms with Gasteiger partial charge in [0.25, 0.3) is 0 Å². The molecule has 0 aliphatic heterocycles. The summed E-state index contributed by atoms with van der Waals surface area (Å²) in [6.45, 7) is 7.54. The van der Waals surface area contributed by atoms with Gasteiger partial charge in [-0.2, -0.15) is 0 Å². The summed E-state index contributed by atoms with van der Waals surface area (Å²) in [5.41, 5.74) is 6.69. The molecule has 0 heterocycles. The van der Waals surface area contributed by atoms with Crippen LogP contribution in [0, 0.1) is 9.93 Å². The van der Waals surface area contributed by atoms with Crippen LogP contribution < -0.4 is 16.5 Å². The second-order valence-corrected chi connectivity index (χ2v) is 5.80. The fourth-order valence-electron chi connectivity index (χ4n) is 1.58. The van der Waals surface area contributed by atoms with Crippen molar-refractivity contribution in [3.63, 3.8) is 0 Å². The smallest absolute Gasteiger partial charge is 0.223 e. The zero-order chi connectivity index (χ0) is 12.3. The SMILES string of the molecule is CC(C)(C)CCCCNc1c(N)c(=O)c1=S. The minimum Gasteiger partial charge on any atom is -0.394 e. The largest absolute Gasteiger partial charge is 0.394 e. The molecule has 0 aliphatic carbocycles. The number of hydrogen-bond acceptors (Lipinski definition) is 4. The molecule has 16 heavy (non-hydrogen) atoms. The molecular weight excluding hydrogens is 220 g/mol. The van der Waals surface area contributed by atoms with E-state index in [1.165, 1.54) is 12.8 Å². The second kappa shape index (κ2) is 4.95. The molecule has 0 fully saturated rings. The summed E-state index contributed by atoms with van der Waals surface area (Å²) in [4.78, 5) is 11.0. The predicted molar refractivity (Wildman–Crippen MR) is 72.1 cm³/mol. The molecule has 0 amide bonds. The van der Waals surface area contributed by atoms with E-state index in [1.54, 1.807) is 0 Å². The van der Waals surface area contributed by atoms with Crippen LogP contribution in [0.2, 0.25) is 0 Å². The summed E-state index contributed by atoms with van der Waals surface area (Å²) < 4.78 is 0.355. The maximum Gasteiger partial charge on any atom is 0.223 e. The molecule has 4 heteroatoms. The lowest BCUT2D eigenvalue weighted by Crippen LogP contribution is -2.20. The maximum absolute atomic E-state index is 11.0. The Morgan fingerprint density at radius 2 is 1.94 bits per heavy atom. The molecule has 0 saturated heterocycles. The normalized spacial score (nSPS) is 11.9. The van der Waals surface area contributed by atoms with Gasteiger partial charge in [-0.15, -0.1) is 0 Å². The van der Waals surface area contributed by atoms with Gasteiger partial charge in [0.1, 0.15) is 10.2 Å². The fraction of sp³-hybridized carbons (Fsp3) is 0.667. The number of nitrogens with one attached hydrogen (secondary N) is 1. The van der Waals surface area contributed by atoms with E-state index in [2.05, 4.69) is 26.1 Å². The van der Waals surface area contributed by atoms with Crippen molar-refractivity contribution >= 4 is 23.6 Å². The zero-order valence-electron chi connectivity index (χ0n) is 10.2. The minimum absolute atomic E-state index is 0.188. The summed E-state index contributed by atoms with van der Waals surface area (Å²) in [6.07, 6.45) is 3.45. The van der Waals surface area contributed by atoms with Crippen LogP contribution in [0.4, 0.5) is 11.4 Å².